The topological polar surface area (TPSA) is 84.6 Å². The molecule has 0 aliphatic rings. The SMILES string of the molecule is CCC(Oc1ccccc1CCO)C(=O)NN. The molecular weight excluding hydrogens is 220 g/mol. The molecule has 1 rings (SSSR count). The van der Waals surface area contributed by atoms with Crippen LogP contribution in [0.2, 0.25) is 0 Å². The number of benzene rings is 1. The first-order valence-corrected chi connectivity index (χ1v) is 5.58. The summed E-state index contributed by atoms with van der Waals surface area (Å²) in [5.74, 6) is 5.33. The molecule has 1 aromatic rings. The van der Waals surface area contributed by atoms with Crippen molar-refractivity contribution in [2.24, 2.45) is 5.84 Å². The summed E-state index contributed by atoms with van der Waals surface area (Å²) in [4.78, 5) is 11.4. The van der Waals surface area contributed by atoms with Gasteiger partial charge in [-0.1, -0.05) is 25.1 Å². The minimum absolute atomic E-state index is 0.0419. The number of aliphatic hydroxyl groups excluding tert-OH is 1. The summed E-state index contributed by atoms with van der Waals surface area (Å²) in [5, 5.41) is 8.94. The van der Waals surface area contributed by atoms with Gasteiger partial charge in [0.15, 0.2) is 6.10 Å². The van der Waals surface area contributed by atoms with E-state index in [0.717, 1.165) is 5.56 Å². The van der Waals surface area contributed by atoms with E-state index in [9.17, 15) is 4.79 Å². The van der Waals surface area contributed by atoms with E-state index in [0.29, 0.717) is 18.6 Å². The van der Waals surface area contributed by atoms with Crippen molar-refractivity contribution >= 4 is 5.91 Å². The highest BCUT2D eigenvalue weighted by atomic mass is 16.5. The van der Waals surface area contributed by atoms with Crippen LogP contribution in [0.1, 0.15) is 18.9 Å². The van der Waals surface area contributed by atoms with Gasteiger partial charge >= 0.3 is 0 Å². The lowest BCUT2D eigenvalue weighted by Crippen LogP contribution is -2.41. The number of para-hydroxylation sites is 1. The number of rotatable bonds is 6. The lowest BCUT2D eigenvalue weighted by molar-refractivity contribution is -0.128. The Balaban J connectivity index is 2.81. The standard InChI is InChI=1S/C12H18N2O3/c1-2-10(12(16)14-13)17-11-6-4-3-5-9(11)7-8-15/h3-6,10,15H,2,7-8,13H2,1H3,(H,14,16). The van der Waals surface area contributed by atoms with Crippen molar-refractivity contribution in [3.8, 4) is 5.75 Å². The molecule has 0 fully saturated rings. The number of aliphatic hydroxyl groups is 1. The third-order valence-corrected chi connectivity index (χ3v) is 2.43. The van der Waals surface area contributed by atoms with Crippen molar-refractivity contribution in [2.75, 3.05) is 6.61 Å². The number of nitrogens with one attached hydrogen (secondary N) is 1. The molecule has 0 heterocycles. The fraction of sp³-hybridized carbons (Fsp3) is 0.417. The number of nitrogens with two attached hydrogens (primary N) is 1. The fourth-order valence-electron chi connectivity index (χ4n) is 1.51. The monoisotopic (exact) mass is 238 g/mol. The van der Waals surface area contributed by atoms with Gasteiger partial charge in [0, 0.05) is 6.61 Å². The molecule has 94 valence electrons. The van der Waals surface area contributed by atoms with Crippen LogP contribution in [0, 0.1) is 0 Å². The summed E-state index contributed by atoms with van der Waals surface area (Å²) in [6.45, 7) is 1.88. The van der Waals surface area contributed by atoms with Crippen LogP contribution < -0.4 is 16.0 Å². The Morgan fingerprint density at radius 2 is 2.24 bits per heavy atom. The third-order valence-electron chi connectivity index (χ3n) is 2.43. The number of hydrogen-bond donors (Lipinski definition) is 3. The van der Waals surface area contributed by atoms with Gasteiger partial charge in [-0.05, 0) is 24.5 Å². The molecule has 5 heteroatoms. The van der Waals surface area contributed by atoms with Crippen molar-refractivity contribution in [1.29, 1.82) is 0 Å². The van der Waals surface area contributed by atoms with Gasteiger partial charge in [-0.2, -0.15) is 0 Å². The van der Waals surface area contributed by atoms with Crippen molar-refractivity contribution < 1.29 is 14.6 Å². The summed E-state index contributed by atoms with van der Waals surface area (Å²) in [5.41, 5.74) is 2.95. The molecule has 0 saturated carbocycles. The quantitative estimate of drug-likeness (QED) is 0.380. The number of hydrogen-bond acceptors (Lipinski definition) is 4. The fourth-order valence-corrected chi connectivity index (χ4v) is 1.51. The van der Waals surface area contributed by atoms with Crippen LogP contribution in [0.3, 0.4) is 0 Å². The van der Waals surface area contributed by atoms with E-state index in [-0.39, 0.29) is 12.5 Å². The normalized spacial score (nSPS) is 11.9. The molecule has 4 N–H and O–H groups in total. The molecule has 1 aromatic carbocycles. The van der Waals surface area contributed by atoms with Crippen LogP contribution in [0.15, 0.2) is 24.3 Å². The molecule has 0 bridgehead atoms. The smallest absolute Gasteiger partial charge is 0.274 e. The predicted octanol–water partition coefficient (Wildman–Crippen LogP) is 0.369. The minimum Gasteiger partial charge on any atom is -0.480 e. The zero-order valence-corrected chi connectivity index (χ0v) is 9.85. The molecular formula is C12H18N2O3. The highest BCUT2D eigenvalue weighted by Gasteiger charge is 2.18. The molecule has 0 aliphatic carbocycles. The number of carbonyl (C=O) groups excluding carboxylic acids is 1. The number of hydrazine groups is 1. The maximum atomic E-state index is 11.4. The first-order valence-electron chi connectivity index (χ1n) is 5.58. The maximum Gasteiger partial charge on any atom is 0.274 e. The van der Waals surface area contributed by atoms with Gasteiger partial charge in [-0.3, -0.25) is 10.2 Å². The van der Waals surface area contributed by atoms with Crippen LogP contribution in [0.4, 0.5) is 0 Å². The van der Waals surface area contributed by atoms with Gasteiger partial charge < -0.3 is 9.84 Å². The Labute approximate surface area is 101 Å². The zero-order valence-electron chi connectivity index (χ0n) is 9.85. The summed E-state index contributed by atoms with van der Waals surface area (Å²) in [7, 11) is 0. The van der Waals surface area contributed by atoms with Gasteiger partial charge in [-0.15, -0.1) is 0 Å². The van der Waals surface area contributed by atoms with E-state index in [2.05, 4.69) is 5.43 Å². The molecule has 0 saturated heterocycles. The Bertz CT molecular complexity index is 369. The van der Waals surface area contributed by atoms with E-state index in [1.54, 1.807) is 6.07 Å². The lowest BCUT2D eigenvalue weighted by atomic mass is 10.1. The molecule has 5 nitrogen and oxygen atoms in total. The molecule has 17 heavy (non-hydrogen) atoms. The van der Waals surface area contributed by atoms with Gasteiger partial charge in [0.25, 0.3) is 5.91 Å². The van der Waals surface area contributed by atoms with E-state index in [4.69, 9.17) is 15.7 Å². The van der Waals surface area contributed by atoms with Crippen LogP contribution in [-0.4, -0.2) is 23.7 Å². The molecule has 1 atom stereocenters. The van der Waals surface area contributed by atoms with Crippen molar-refractivity contribution in [3.05, 3.63) is 29.8 Å². The largest absolute Gasteiger partial charge is 0.480 e. The van der Waals surface area contributed by atoms with E-state index in [1.165, 1.54) is 0 Å². The first-order chi connectivity index (χ1) is 8.22. The van der Waals surface area contributed by atoms with Gasteiger partial charge in [0.2, 0.25) is 0 Å². The second-order valence-corrected chi connectivity index (χ2v) is 3.60. The Kier molecular flexibility index (Phi) is 5.45. The van der Waals surface area contributed by atoms with Crippen molar-refractivity contribution in [3.63, 3.8) is 0 Å². The lowest BCUT2D eigenvalue weighted by Gasteiger charge is -2.18. The minimum atomic E-state index is -0.611. The van der Waals surface area contributed by atoms with E-state index < -0.39 is 6.10 Å². The van der Waals surface area contributed by atoms with Crippen LogP contribution in [0.25, 0.3) is 0 Å². The second kappa shape index (κ2) is 6.88. The Morgan fingerprint density at radius 1 is 1.53 bits per heavy atom. The molecule has 1 amide bonds. The number of ether oxygens (including phenoxy) is 1. The van der Waals surface area contributed by atoms with Crippen LogP contribution in [-0.2, 0) is 11.2 Å². The first kappa shape index (κ1) is 13.5. The summed E-state index contributed by atoms with van der Waals surface area (Å²) < 4.78 is 5.60. The third kappa shape index (κ3) is 3.72. The molecule has 0 radical (unpaired) electrons. The molecule has 0 aliphatic heterocycles. The summed E-state index contributed by atoms with van der Waals surface area (Å²) in [6.07, 6.45) is 0.410. The van der Waals surface area contributed by atoms with Gasteiger partial charge in [0.05, 0.1) is 0 Å². The van der Waals surface area contributed by atoms with E-state index >= 15 is 0 Å². The average molecular weight is 238 g/mol. The zero-order chi connectivity index (χ0) is 12.7. The van der Waals surface area contributed by atoms with Gasteiger partial charge in [-0.25, -0.2) is 5.84 Å². The second-order valence-electron chi connectivity index (χ2n) is 3.60. The van der Waals surface area contributed by atoms with Crippen LogP contribution in [0.5, 0.6) is 5.75 Å². The molecule has 0 aromatic heterocycles. The highest BCUT2D eigenvalue weighted by Crippen LogP contribution is 2.20. The van der Waals surface area contributed by atoms with Gasteiger partial charge in [0.1, 0.15) is 5.75 Å². The van der Waals surface area contributed by atoms with Crippen molar-refractivity contribution in [1.82, 2.24) is 5.43 Å². The molecule has 0 spiro atoms. The Morgan fingerprint density at radius 3 is 2.82 bits per heavy atom. The number of amides is 1. The van der Waals surface area contributed by atoms with Crippen molar-refractivity contribution in [2.45, 2.75) is 25.9 Å². The molecule has 1 unspecified atom stereocenters. The Hall–Kier alpha value is -1.59. The number of carbonyl (C=O) groups is 1. The maximum absolute atomic E-state index is 11.4. The summed E-state index contributed by atoms with van der Waals surface area (Å²) in [6, 6.07) is 7.32. The van der Waals surface area contributed by atoms with Crippen LogP contribution >= 0.6 is 0 Å². The average Bonchev–Trinajstić information content (AvgIpc) is 2.37. The van der Waals surface area contributed by atoms with E-state index in [1.807, 2.05) is 25.1 Å². The summed E-state index contributed by atoms with van der Waals surface area (Å²) >= 11 is 0. The predicted molar refractivity (Wildman–Crippen MR) is 64.3 cm³/mol. The highest BCUT2D eigenvalue weighted by molar-refractivity contribution is 5.80.